The van der Waals surface area contributed by atoms with E-state index in [1.807, 2.05) is 42.5 Å². The molecule has 2 N–H and O–H groups in total. The summed E-state index contributed by atoms with van der Waals surface area (Å²) in [7, 11) is -2.53. The highest BCUT2D eigenvalue weighted by Crippen LogP contribution is 2.27. The Morgan fingerprint density at radius 1 is 0.821 bits per heavy atom. The zero-order valence-electron chi connectivity index (χ0n) is 24.4. The molecule has 0 aliphatic carbocycles. The third-order valence-corrected chi connectivity index (χ3v) is 9.93. The van der Waals surface area contributed by atoms with Crippen molar-refractivity contribution >= 4 is 27.8 Å². The summed E-state index contributed by atoms with van der Waals surface area (Å²) in [5.74, 6) is 0.788. The van der Waals surface area contributed by atoms with Crippen LogP contribution < -0.4 is 10.1 Å². The lowest BCUT2D eigenvalue weighted by Gasteiger charge is -2.23. The van der Waals surface area contributed by atoms with Gasteiger partial charge in [0.15, 0.2) is 0 Å². The molecule has 0 bridgehead atoms. The molecule has 0 spiro atoms. The van der Waals surface area contributed by atoms with Gasteiger partial charge in [0.05, 0.1) is 13.2 Å². The topological polar surface area (TPSA) is 67.8 Å². The first-order chi connectivity index (χ1) is 18.4. The van der Waals surface area contributed by atoms with Gasteiger partial charge in [0.2, 0.25) is 0 Å². The number of carbonyl (C=O) groups is 1. The minimum absolute atomic E-state index is 0.204. The maximum absolute atomic E-state index is 13.3. The van der Waals surface area contributed by atoms with Crippen LogP contribution in [-0.2, 0) is 22.4 Å². The zero-order chi connectivity index (χ0) is 28.5. The van der Waals surface area contributed by atoms with Crippen LogP contribution in [0.1, 0.15) is 16.7 Å². The maximum atomic E-state index is 13.3. The standard InChI is InChI=1S/C32H45NO4Si2/c1-38(2,3)20-18-36-29-16-17-30(27(24-29)22-25-10-8-7-9-11-25)33-31(23-26-12-14-28(34)15-13-26)32(35)37-19-21-39(4,5)6/h7-17,24,31,33-34H,18-23H2,1-6H3/t31-/m0/s1. The van der Waals surface area contributed by atoms with Crippen LogP contribution in [0.2, 0.25) is 51.4 Å². The molecule has 0 saturated heterocycles. The van der Waals surface area contributed by atoms with E-state index >= 15 is 0 Å². The second-order valence-electron chi connectivity index (χ2n) is 12.7. The molecule has 3 rings (SSSR count). The molecule has 5 nitrogen and oxygen atoms in total. The van der Waals surface area contributed by atoms with Gasteiger partial charge in [-0.2, -0.15) is 0 Å². The molecule has 210 valence electrons. The Morgan fingerprint density at radius 2 is 1.46 bits per heavy atom. The van der Waals surface area contributed by atoms with Crippen molar-refractivity contribution in [2.24, 2.45) is 0 Å². The van der Waals surface area contributed by atoms with Crippen molar-refractivity contribution in [2.75, 3.05) is 18.5 Å². The molecule has 0 unspecified atom stereocenters. The predicted octanol–water partition coefficient (Wildman–Crippen LogP) is 7.60. The minimum Gasteiger partial charge on any atom is -0.508 e. The number of esters is 1. The minimum atomic E-state index is -1.33. The SMILES string of the molecule is C[Si](C)(C)CCOC(=O)[C@H](Cc1ccc(O)cc1)Nc1ccc(OCC[Si](C)(C)C)cc1Cc1ccccc1. The quantitative estimate of drug-likeness (QED) is 0.156. The van der Waals surface area contributed by atoms with Crippen LogP contribution in [0, 0.1) is 0 Å². The van der Waals surface area contributed by atoms with Gasteiger partial charge in [0.25, 0.3) is 0 Å². The van der Waals surface area contributed by atoms with E-state index in [4.69, 9.17) is 9.47 Å². The number of carbonyl (C=O) groups excluding carboxylic acids is 1. The first-order valence-electron chi connectivity index (χ1n) is 13.9. The molecule has 0 fully saturated rings. The lowest BCUT2D eigenvalue weighted by molar-refractivity contribution is -0.144. The van der Waals surface area contributed by atoms with Gasteiger partial charge in [-0.25, -0.2) is 4.79 Å². The van der Waals surface area contributed by atoms with E-state index in [2.05, 4.69) is 62.8 Å². The monoisotopic (exact) mass is 563 g/mol. The highest BCUT2D eigenvalue weighted by molar-refractivity contribution is 6.76. The molecule has 1 atom stereocenters. The Kier molecular flexibility index (Phi) is 10.8. The fraction of sp³-hybridized carbons (Fsp3) is 0.406. The second kappa shape index (κ2) is 13.8. The van der Waals surface area contributed by atoms with Crippen LogP contribution >= 0.6 is 0 Å². The highest BCUT2D eigenvalue weighted by Gasteiger charge is 2.23. The summed E-state index contributed by atoms with van der Waals surface area (Å²) < 4.78 is 11.9. The molecular weight excluding hydrogens is 519 g/mol. The van der Waals surface area contributed by atoms with Crippen molar-refractivity contribution in [2.45, 2.75) is 70.3 Å². The molecule has 7 heteroatoms. The third kappa shape index (κ3) is 11.3. The zero-order valence-corrected chi connectivity index (χ0v) is 26.4. The van der Waals surface area contributed by atoms with E-state index < -0.39 is 22.2 Å². The number of phenolic OH excluding ortho intramolecular Hbond substituents is 1. The van der Waals surface area contributed by atoms with Crippen molar-refractivity contribution < 1.29 is 19.4 Å². The molecule has 0 aliphatic heterocycles. The molecule has 0 saturated carbocycles. The molecule has 3 aromatic rings. The Bertz CT molecular complexity index is 1190. The molecule has 0 aliphatic rings. The molecule has 0 amide bonds. The fourth-order valence-corrected chi connectivity index (χ4v) is 5.47. The van der Waals surface area contributed by atoms with Gasteiger partial charge in [-0.3, -0.25) is 0 Å². The number of hydrogen-bond donors (Lipinski definition) is 2. The van der Waals surface area contributed by atoms with Gasteiger partial charge < -0.3 is 19.9 Å². The fourth-order valence-electron chi connectivity index (χ4n) is 4.04. The van der Waals surface area contributed by atoms with Gasteiger partial charge in [-0.15, -0.1) is 0 Å². The summed E-state index contributed by atoms with van der Waals surface area (Å²) in [6.07, 6.45) is 1.16. The Balaban J connectivity index is 1.86. The van der Waals surface area contributed by atoms with Gasteiger partial charge in [0.1, 0.15) is 17.5 Å². The van der Waals surface area contributed by atoms with Gasteiger partial charge in [-0.05, 0) is 65.5 Å². The van der Waals surface area contributed by atoms with Crippen molar-refractivity contribution in [3.63, 3.8) is 0 Å². The Hall–Kier alpha value is -3.04. The number of hydrogen-bond acceptors (Lipinski definition) is 5. The number of ether oxygens (including phenoxy) is 2. The number of rotatable bonds is 14. The van der Waals surface area contributed by atoms with Gasteiger partial charge in [-0.1, -0.05) is 81.7 Å². The molecule has 0 radical (unpaired) electrons. The van der Waals surface area contributed by atoms with Crippen LogP contribution in [0.25, 0.3) is 0 Å². The molecule has 0 aromatic heterocycles. The van der Waals surface area contributed by atoms with Crippen molar-refractivity contribution in [3.05, 3.63) is 89.5 Å². The van der Waals surface area contributed by atoms with Crippen molar-refractivity contribution in [1.29, 1.82) is 0 Å². The van der Waals surface area contributed by atoms with Crippen molar-refractivity contribution in [1.82, 2.24) is 0 Å². The van der Waals surface area contributed by atoms with E-state index in [0.29, 0.717) is 26.1 Å². The summed E-state index contributed by atoms with van der Waals surface area (Å²) in [5.41, 5.74) is 4.09. The van der Waals surface area contributed by atoms with Crippen LogP contribution in [-0.4, -0.2) is 46.5 Å². The van der Waals surface area contributed by atoms with Crippen LogP contribution in [0.15, 0.2) is 72.8 Å². The maximum Gasteiger partial charge on any atom is 0.328 e. The number of nitrogens with one attached hydrogen (secondary N) is 1. The lowest BCUT2D eigenvalue weighted by Crippen LogP contribution is -2.35. The summed E-state index contributed by atoms with van der Waals surface area (Å²) in [6.45, 7) is 15.0. The molecule has 0 heterocycles. The second-order valence-corrected chi connectivity index (χ2v) is 23.9. The summed E-state index contributed by atoms with van der Waals surface area (Å²) in [5, 5.41) is 13.2. The van der Waals surface area contributed by atoms with Crippen molar-refractivity contribution in [3.8, 4) is 11.5 Å². The normalized spacial score (nSPS) is 12.6. The highest BCUT2D eigenvalue weighted by atomic mass is 28.3. The summed E-state index contributed by atoms with van der Waals surface area (Å²) in [6, 6.07) is 24.9. The number of aromatic hydroxyl groups is 1. The largest absolute Gasteiger partial charge is 0.508 e. The first-order valence-corrected chi connectivity index (χ1v) is 21.3. The average Bonchev–Trinajstić information content (AvgIpc) is 2.85. The molecular formula is C32H45NO4Si2. The lowest BCUT2D eigenvalue weighted by atomic mass is 10.0. The summed E-state index contributed by atoms with van der Waals surface area (Å²) >= 11 is 0. The smallest absolute Gasteiger partial charge is 0.328 e. The summed E-state index contributed by atoms with van der Waals surface area (Å²) in [4.78, 5) is 13.3. The third-order valence-electron chi connectivity index (χ3n) is 6.52. The van der Waals surface area contributed by atoms with Crippen LogP contribution in [0.5, 0.6) is 11.5 Å². The van der Waals surface area contributed by atoms with E-state index in [1.165, 1.54) is 5.56 Å². The Morgan fingerprint density at radius 3 is 2.10 bits per heavy atom. The first kappa shape index (κ1) is 30.5. The number of anilines is 1. The Labute approximate surface area is 236 Å². The van der Waals surface area contributed by atoms with E-state index in [0.717, 1.165) is 34.7 Å². The number of phenols is 1. The van der Waals surface area contributed by atoms with Crippen LogP contribution in [0.3, 0.4) is 0 Å². The van der Waals surface area contributed by atoms with Gasteiger partial charge >= 0.3 is 5.97 Å². The van der Waals surface area contributed by atoms with E-state index in [-0.39, 0.29) is 11.7 Å². The number of benzene rings is 3. The average molecular weight is 564 g/mol. The van der Waals surface area contributed by atoms with Gasteiger partial charge in [0, 0.05) is 28.3 Å². The van der Waals surface area contributed by atoms with E-state index in [9.17, 15) is 9.90 Å². The molecule has 3 aromatic carbocycles. The van der Waals surface area contributed by atoms with E-state index in [1.54, 1.807) is 12.1 Å². The van der Waals surface area contributed by atoms with Crippen LogP contribution in [0.4, 0.5) is 5.69 Å². The molecule has 39 heavy (non-hydrogen) atoms. The predicted molar refractivity (Wildman–Crippen MR) is 168 cm³/mol.